The molecule has 0 fully saturated rings. The molecule has 35 heavy (non-hydrogen) atoms. The summed E-state index contributed by atoms with van der Waals surface area (Å²) < 4.78 is 9.04. The van der Waals surface area contributed by atoms with Crippen molar-refractivity contribution in [3.63, 3.8) is 0 Å². The highest BCUT2D eigenvalue weighted by Gasteiger charge is 2.13. The van der Waals surface area contributed by atoms with Crippen LogP contribution in [-0.4, -0.2) is 30.5 Å². The molecule has 3 aromatic carbocycles. The van der Waals surface area contributed by atoms with Crippen molar-refractivity contribution in [1.29, 1.82) is 0 Å². The molecule has 0 atom stereocenters. The lowest BCUT2D eigenvalue weighted by atomic mass is 10.1. The van der Waals surface area contributed by atoms with E-state index in [2.05, 4.69) is 44.8 Å². The quantitative estimate of drug-likeness (QED) is 0.357. The number of hydrogen-bond acceptors (Lipinski definition) is 5. The third-order valence-corrected chi connectivity index (χ3v) is 5.43. The molecule has 0 bridgehead atoms. The van der Waals surface area contributed by atoms with Crippen LogP contribution >= 0.6 is 0 Å². The number of nitrogens with zero attached hydrogens (tertiary/aromatic N) is 5. The molecule has 2 heterocycles. The molecule has 8 heteroatoms. The number of aromatic nitrogens is 5. The lowest BCUT2D eigenvalue weighted by Crippen LogP contribution is -2.15. The number of carbonyl (C=O) groups is 1. The zero-order valence-corrected chi connectivity index (χ0v) is 19.2. The van der Waals surface area contributed by atoms with Gasteiger partial charge < -0.3 is 4.74 Å². The van der Waals surface area contributed by atoms with Crippen molar-refractivity contribution in [2.45, 2.75) is 20.2 Å². The fourth-order valence-corrected chi connectivity index (χ4v) is 3.54. The van der Waals surface area contributed by atoms with E-state index >= 15 is 0 Å². The summed E-state index contributed by atoms with van der Waals surface area (Å²) >= 11 is 0. The molecule has 1 amide bonds. The van der Waals surface area contributed by atoms with Crippen LogP contribution in [0.1, 0.15) is 21.6 Å². The van der Waals surface area contributed by atoms with Gasteiger partial charge in [-0.05, 0) is 41.8 Å². The monoisotopic (exact) mass is 464 g/mol. The highest BCUT2D eigenvalue weighted by Crippen LogP contribution is 2.22. The fraction of sp³-hybridized carbons (Fsp3) is 0.111. The summed E-state index contributed by atoms with van der Waals surface area (Å²) in [5, 5.41) is 11.3. The Labute approximate surface area is 202 Å². The Hall–Kier alpha value is -4.72. The Morgan fingerprint density at radius 2 is 1.60 bits per heavy atom. The summed E-state index contributed by atoms with van der Waals surface area (Å²) in [7, 11) is 0. The summed E-state index contributed by atoms with van der Waals surface area (Å²) in [6, 6.07) is 27.8. The van der Waals surface area contributed by atoms with Crippen LogP contribution in [0.4, 0.5) is 5.95 Å². The van der Waals surface area contributed by atoms with E-state index in [9.17, 15) is 4.79 Å². The van der Waals surface area contributed by atoms with Gasteiger partial charge in [-0.15, -0.1) is 5.10 Å². The van der Waals surface area contributed by atoms with Crippen molar-refractivity contribution >= 4 is 11.9 Å². The normalized spacial score (nSPS) is 10.8. The van der Waals surface area contributed by atoms with E-state index in [0.717, 1.165) is 22.4 Å². The van der Waals surface area contributed by atoms with Crippen LogP contribution in [-0.2, 0) is 13.3 Å². The van der Waals surface area contributed by atoms with Gasteiger partial charge in [0.2, 0.25) is 5.95 Å². The number of amides is 1. The number of benzene rings is 3. The highest BCUT2D eigenvalue weighted by molar-refractivity contribution is 6.01. The van der Waals surface area contributed by atoms with E-state index in [-0.39, 0.29) is 24.3 Å². The molecule has 8 nitrogen and oxygen atoms in total. The van der Waals surface area contributed by atoms with Gasteiger partial charge >= 0.3 is 0 Å². The Kier molecular flexibility index (Phi) is 6.34. The van der Waals surface area contributed by atoms with Gasteiger partial charge in [0.05, 0.1) is 6.54 Å². The average molecular weight is 465 g/mol. The number of nitrogens with one attached hydrogen (secondary N) is 1. The lowest BCUT2D eigenvalue weighted by Gasteiger charge is -2.07. The minimum Gasteiger partial charge on any atom is -0.471 e. The molecule has 0 aliphatic rings. The van der Waals surface area contributed by atoms with Crippen LogP contribution in [0.3, 0.4) is 0 Å². The first kappa shape index (κ1) is 22.1. The van der Waals surface area contributed by atoms with Crippen LogP contribution in [0, 0.1) is 6.92 Å². The van der Waals surface area contributed by atoms with Crippen molar-refractivity contribution in [3.8, 4) is 16.9 Å². The van der Waals surface area contributed by atoms with Gasteiger partial charge in [-0.25, -0.2) is 14.3 Å². The predicted octanol–water partition coefficient (Wildman–Crippen LogP) is 4.79. The van der Waals surface area contributed by atoms with Crippen molar-refractivity contribution in [2.24, 2.45) is 0 Å². The number of hydrogen-bond donors (Lipinski definition) is 1. The Balaban J connectivity index is 1.14. The van der Waals surface area contributed by atoms with Crippen molar-refractivity contribution in [1.82, 2.24) is 24.5 Å². The van der Waals surface area contributed by atoms with Crippen LogP contribution in [0.25, 0.3) is 11.1 Å². The van der Waals surface area contributed by atoms with E-state index in [1.165, 1.54) is 5.56 Å². The number of carbonyl (C=O) groups excluding carboxylic acids is 1. The fourth-order valence-electron chi connectivity index (χ4n) is 3.54. The second-order valence-electron chi connectivity index (χ2n) is 8.11. The van der Waals surface area contributed by atoms with Crippen LogP contribution in [0.5, 0.6) is 5.75 Å². The molecule has 0 aliphatic carbocycles. The second kappa shape index (κ2) is 10.0. The lowest BCUT2D eigenvalue weighted by molar-refractivity contribution is 0.101. The zero-order valence-electron chi connectivity index (χ0n) is 19.2. The molecule has 0 radical (unpaired) electrons. The molecule has 0 unspecified atom stereocenters. The summed E-state index contributed by atoms with van der Waals surface area (Å²) in [6.07, 6.45) is 3.28. The number of ether oxygens (including phenoxy) is 1. The summed E-state index contributed by atoms with van der Waals surface area (Å²) in [4.78, 5) is 16.7. The number of rotatable bonds is 8. The molecule has 5 aromatic rings. The smallest absolute Gasteiger partial charge is 0.278 e. The van der Waals surface area contributed by atoms with E-state index in [0.29, 0.717) is 6.54 Å². The Morgan fingerprint density at radius 1 is 0.857 bits per heavy atom. The topological polar surface area (TPSA) is 86.9 Å². The molecule has 0 spiro atoms. The van der Waals surface area contributed by atoms with Gasteiger partial charge in [0.1, 0.15) is 12.1 Å². The maximum Gasteiger partial charge on any atom is 0.278 e. The van der Waals surface area contributed by atoms with Gasteiger partial charge in [-0.1, -0.05) is 72.3 Å². The molecule has 174 valence electrons. The van der Waals surface area contributed by atoms with Crippen LogP contribution in [0.2, 0.25) is 0 Å². The molecule has 5 rings (SSSR count). The van der Waals surface area contributed by atoms with Gasteiger partial charge in [0.25, 0.3) is 5.91 Å². The van der Waals surface area contributed by atoms with Gasteiger partial charge in [0, 0.05) is 6.20 Å². The van der Waals surface area contributed by atoms with Crippen LogP contribution in [0.15, 0.2) is 97.5 Å². The van der Waals surface area contributed by atoms with Crippen molar-refractivity contribution < 1.29 is 9.53 Å². The first-order valence-electron chi connectivity index (χ1n) is 11.2. The minimum atomic E-state index is -0.385. The zero-order chi connectivity index (χ0) is 24.0. The molecule has 2 aromatic heterocycles. The second-order valence-corrected chi connectivity index (χ2v) is 8.11. The molecule has 0 aliphatic heterocycles. The predicted molar refractivity (Wildman–Crippen MR) is 133 cm³/mol. The van der Waals surface area contributed by atoms with E-state index in [1.807, 2.05) is 61.5 Å². The molecular weight excluding hydrogens is 440 g/mol. The minimum absolute atomic E-state index is 0.182. The molecule has 1 N–H and O–H groups in total. The maximum absolute atomic E-state index is 12.6. The Bertz CT molecular complexity index is 1410. The van der Waals surface area contributed by atoms with Crippen molar-refractivity contribution in [2.75, 3.05) is 5.32 Å². The van der Waals surface area contributed by atoms with E-state index in [4.69, 9.17) is 4.74 Å². The summed E-state index contributed by atoms with van der Waals surface area (Å²) in [5.74, 6) is 0.560. The largest absolute Gasteiger partial charge is 0.471 e. The van der Waals surface area contributed by atoms with E-state index < -0.39 is 0 Å². The first-order valence-corrected chi connectivity index (χ1v) is 11.2. The molecular formula is C27H24N6O2. The average Bonchev–Trinajstić information content (AvgIpc) is 3.55. The third kappa shape index (κ3) is 5.62. The standard InChI is InChI=1S/C27H24N6O2/c1-20-7-9-21(10-8-20)17-33-18-28-27(31-33)29-26(34)25-15-16-32(30-25)19-35-24-13-11-23(12-14-24)22-5-3-2-4-6-22/h2-16,18H,17,19H2,1H3,(H,29,31,34). The molecule has 0 saturated heterocycles. The summed E-state index contributed by atoms with van der Waals surface area (Å²) in [5.41, 5.74) is 4.82. The van der Waals surface area contributed by atoms with Gasteiger partial charge in [-0.3, -0.25) is 10.1 Å². The van der Waals surface area contributed by atoms with Crippen LogP contribution < -0.4 is 10.1 Å². The van der Waals surface area contributed by atoms with E-state index in [1.54, 1.807) is 28.0 Å². The Morgan fingerprint density at radius 3 is 2.37 bits per heavy atom. The summed E-state index contributed by atoms with van der Waals surface area (Å²) in [6.45, 7) is 2.80. The van der Waals surface area contributed by atoms with Gasteiger partial charge in [-0.2, -0.15) is 5.10 Å². The number of aryl methyl sites for hydroxylation is 1. The molecule has 0 saturated carbocycles. The highest BCUT2D eigenvalue weighted by atomic mass is 16.5. The maximum atomic E-state index is 12.6. The SMILES string of the molecule is Cc1ccc(Cn2cnc(NC(=O)c3ccn(COc4ccc(-c5ccccc5)cc4)n3)n2)cc1. The first-order chi connectivity index (χ1) is 17.1. The van der Waals surface area contributed by atoms with Crippen molar-refractivity contribution in [3.05, 3.63) is 114 Å². The van der Waals surface area contributed by atoms with Gasteiger partial charge in [0.15, 0.2) is 12.4 Å². The number of anilines is 1. The third-order valence-electron chi connectivity index (χ3n) is 5.43.